The van der Waals surface area contributed by atoms with Gasteiger partial charge < -0.3 is 5.11 Å². The van der Waals surface area contributed by atoms with Crippen molar-refractivity contribution in [2.24, 2.45) is 0 Å². The summed E-state index contributed by atoms with van der Waals surface area (Å²) in [5.74, 6) is 0. The number of rotatable bonds is 5. The normalized spacial score (nSPS) is 21.1. The van der Waals surface area contributed by atoms with Crippen molar-refractivity contribution in [3.8, 4) is 0 Å². The van der Waals surface area contributed by atoms with Crippen molar-refractivity contribution in [1.82, 2.24) is 0 Å². The van der Waals surface area contributed by atoms with Gasteiger partial charge in [0, 0.05) is 0 Å². The highest BCUT2D eigenvalue weighted by Crippen LogP contribution is 2.43. The predicted octanol–water partition coefficient (Wildman–Crippen LogP) is 3.04. The van der Waals surface area contributed by atoms with Crippen molar-refractivity contribution in [3.05, 3.63) is 11.6 Å². The van der Waals surface area contributed by atoms with E-state index >= 15 is 0 Å². The highest BCUT2D eigenvalue weighted by atomic mass is 16.3. The first-order valence-corrected chi connectivity index (χ1v) is 5.11. The van der Waals surface area contributed by atoms with Gasteiger partial charge in [-0.1, -0.05) is 25.8 Å². The van der Waals surface area contributed by atoms with Gasteiger partial charge in [-0.15, -0.1) is 0 Å². The second-order valence-corrected chi connectivity index (χ2v) is 3.80. The molecular weight excluding hydrogens is 148 g/mol. The van der Waals surface area contributed by atoms with Crippen LogP contribution in [0.15, 0.2) is 11.6 Å². The summed E-state index contributed by atoms with van der Waals surface area (Å²) >= 11 is 0. The molecule has 0 saturated heterocycles. The summed E-state index contributed by atoms with van der Waals surface area (Å²) in [4.78, 5) is 0. The number of unbranched alkanes of at least 4 members (excludes halogenated alkanes) is 2. The Bertz CT molecular complexity index is 166. The molecule has 0 amide bonds. The number of hydrogen-bond acceptors (Lipinski definition) is 1. The molecule has 0 bridgehead atoms. The Balaban J connectivity index is 2.28. The van der Waals surface area contributed by atoms with E-state index in [-0.39, 0.29) is 5.60 Å². The molecular formula is C11H20O. The molecule has 0 heterocycles. The quantitative estimate of drug-likeness (QED) is 0.494. The van der Waals surface area contributed by atoms with Gasteiger partial charge in [0.25, 0.3) is 0 Å². The zero-order chi connectivity index (χ0) is 9.03. The standard InChI is InChI=1S/C11H20O/c1-3-5-6-7-10(4-2)11(12)8-9-11/h4,12H,3,5-9H2,1-2H3/b10-4-. The fourth-order valence-corrected chi connectivity index (χ4v) is 1.65. The van der Waals surface area contributed by atoms with Crippen molar-refractivity contribution in [3.63, 3.8) is 0 Å². The molecule has 0 radical (unpaired) electrons. The van der Waals surface area contributed by atoms with E-state index in [1.807, 2.05) is 6.92 Å². The minimum Gasteiger partial charge on any atom is -0.386 e. The van der Waals surface area contributed by atoms with Crippen LogP contribution in [0, 0.1) is 0 Å². The van der Waals surface area contributed by atoms with Crippen LogP contribution in [0.25, 0.3) is 0 Å². The lowest BCUT2D eigenvalue weighted by molar-refractivity contribution is 0.183. The van der Waals surface area contributed by atoms with Gasteiger partial charge in [0.2, 0.25) is 0 Å². The third-order valence-electron chi connectivity index (χ3n) is 2.72. The van der Waals surface area contributed by atoms with Crippen molar-refractivity contribution in [2.75, 3.05) is 0 Å². The summed E-state index contributed by atoms with van der Waals surface area (Å²) in [5, 5.41) is 9.82. The molecule has 1 fully saturated rings. The van der Waals surface area contributed by atoms with Gasteiger partial charge in [-0.05, 0) is 38.2 Å². The van der Waals surface area contributed by atoms with Gasteiger partial charge in [-0.3, -0.25) is 0 Å². The van der Waals surface area contributed by atoms with Gasteiger partial charge in [0.05, 0.1) is 5.60 Å². The molecule has 1 heteroatoms. The molecule has 1 aliphatic rings. The molecule has 0 aromatic rings. The van der Waals surface area contributed by atoms with Crippen LogP contribution < -0.4 is 0 Å². The number of aliphatic hydroxyl groups is 1. The van der Waals surface area contributed by atoms with Crippen molar-refractivity contribution in [2.45, 2.75) is 58.0 Å². The highest BCUT2D eigenvalue weighted by Gasteiger charge is 2.42. The first-order valence-electron chi connectivity index (χ1n) is 5.11. The van der Waals surface area contributed by atoms with Gasteiger partial charge >= 0.3 is 0 Å². The lowest BCUT2D eigenvalue weighted by Gasteiger charge is -2.12. The minimum absolute atomic E-state index is 0.373. The van der Waals surface area contributed by atoms with Crippen molar-refractivity contribution >= 4 is 0 Å². The van der Waals surface area contributed by atoms with Crippen LogP contribution in [0.1, 0.15) is 52.4 Å². The lowest BCUT2D eigenvalue weighted by Crippen LogP contribution is -2.10. The second-order valence-electron chi connectivity index (χ2n) is 3.80. The molecule has 0 unspecified atom stereocenters. The lowest BCUT2D eigenvalue weighted by atomic mass is 10.0. The third kappa shape index (κ3) is 2.34. The molecule has 1 saturated carbocycles. The average molecular weight is 168 g/mol. The average Bonchev–Trinajstić information content (AvgIpc) is 2.78. The number of hydrogen-bond donors (Lipinski definition) is 1. The minimum atomic E-state index is -0.373. The van der Waals surface area contributed by atoms with E-state index in [2.05, 4.69) is 13.0 Å². The molecule has 0 spiro atoms. The van der Waals surface area contributed by atoms with Crippen LogP contribution in [0.3, 0.4) is 0 Å². The van der Waals surface area contributed by atoms with Gasteiger partial charge in [0.1, 0.15) is 0 Å². The summed E-state index contributed by atoms with van der Waals surface area (Å²) in [6.45, 7) is 4.25. The molecule has 0 atom stereocenters. The van der Waals surface area contributed by atoms with E-state index in [4.69, 9.17) is 0 Å². The molecule has 1 N–H and O–H groups in total. The highest BCUT2D eigenvalue weighted by molar-refractivity contribution is 5.23. The zero-order valence-electron chi connectivity index (χ0n) is 8.27. The first kappa shape index (κ1) is 9.79. The fraction of sp³-hybridized carbons (Fsp3) is 0.818. The molecule has 1 rings (SSSR count). The Morgan fingerprint density at radius 3 is 2.50 bits per heavy atom. The smallest absolute Gasteiger partial charge is 0.0859 e. The topological polar surface area (TPSA) is 20.2 Å². The van der Waals surface area contributed by atoms with Gasteiger partial charge in [0.15, 0.2) is 0 Å². The summed E-state index contributed by atoms with van der Waals surface area (Å²) in [6, 6.07) is 0. The van der Waals surface area contributed by atoms with Crippen LogP contribution in [-0.2, 0) is 0 Å². The van der Waals surface area contributed by atoms with E-state index < -0.39 is 0 Å². The molecule has 70 valence electrons. The third-order valence-corrected chi connectivity index (χ3v) is 2.72. The molecule has 1 nitrogen and oxygen atoms in total. The maximum absolute atomic E-state index is 9.82. The van der Waals surface area contributed by atoms with E-state index in [0.29, 0.717) is 0 Å². The van der Waals surface area contributed by atoms with E-state index in [1.54, 1.807) is 0 Å². The Kier molecular flexibility index (Phi) is 3.33. The van der Waals surface area contributed by atoms with Crippen molar-refractivity contribution in [1.29, 1.82) is 0 Å². The largest absolute Gasteiger partial charge is 0.386 e. The Labute approximate surface area is 75.5 Å². The Morgan fingerprint density at radius 2 is 2.08 bits per heavy atom. The number of allylic oxidation sites excluding steroid dienone is 1. The van der Waals surface area contributed by atoms with Crippen LogP contribution in [0.5, 0.6) is 0 Å². The Morgan fingerprint density at radius 1 is 1.42 bits per heavy atom. The summed E-state index contributed by atoms with van der Waals surface area (Å²) in [5.41, 5.74) is 0.901. The van der Waals surface area contributed by atoms with E-state index in [0.717, 1.165) is 19.3 Å². The van der Waals surface area contributed by atoms with E-state index in [9.17, 15) is 5.11 Å². The molecule has 0 aromatic carbocycles. The molecule has 1 aliphatic carbocycles. The maximum Gasteiger partial charge on any atom is 0.0859 e. The zero-order valence-corrected chi connectivity index (χ0v) is 8.27. The summed E-state index contributed by atoms with van der Waals surface area (Å²) in [7, 11) is 0. The van der Waals surface area contributed by atoms with Gasteiger partial charge in [-0.25, -0.2) is 0 Å². The molecule has 0 aromatic heterocycles. The monoisotopic (exact) mass is 168 g/mol. The summed E-state index contributed by atoms with van der Waals surface area (Å²) < 4.78 is 0. The van der Waals surface area contributed by atoms with Crippen LogP contribution >= 0.6 is 0 Å². The van der Waals surface area contributed by atoms with Crippen molar-refractivity contribution < 1.29 is 5.11 Å². The fourth-order valence-electron chi connectivity index (χ4n) is 1.65. The molecule has 12 heavy (non-hydrogen) atoms. The SMILES string of the molecule is C/C=C(/CCCCC)C1(O)CC1. The summed E-state index contributed by atoms with van der Waals surface area (Å²) in [6.07, 6.45) is 8.95. The van der Waals surface area contributed by atoms with Gasteiger partial charge in [-0.2, -0.15) is 0 Å². The van der Waals surface area contributed by atoms with Crippen LogP contribution in [-0.4, -0.2) is 10.7 Å². The first-order chi connectivity index (χ1) is 5.73. The molecule has 0 aliphatic heterocycles. The predicted molar refractivity (Wildman–Crippen MR) is 52.1 cm³/mol. The Hall–Kier alpha value is -0.300. The van der Waals surface area contributed by atoms with E-state index in [1.165, 1.54) is 24.8 Å². The van der Waals surface area contributed by atoms with Crippen LogP contribution in [0.2, 0.25) is 0 Å². The van der Waals surface area contributed by atoms with Crippen LogP contribution in [0.4, 0.5) is 0 Å². The second kappa shape index (κ2) is 4.08. The maximum atomic E-state index is 9.82.